The standard InChI is InChI=1S/C22H16N6/c23-9-17-5-1-3-7-19(17)13-27-15-21(11-25-27)22-12-26-28(16-22)14-20-8-4-2-6-18(20)10-24/h1-8,11-12,15-16H,13-14H2. The molecule has 4 aromatic rings. The monoisotopic (exact) mass is 364 g/mol. The molecule has 0 spiro atoms. The maximum absolute atomic E-state index is 9.23. The van der Waals surface area contributed by atoms with E-state index in [2.05, 4.69) is 22.3 Å². The van der Waals surface area contributed by atoms with Gasteiger partial charge in [0.1, 0.15) is 0 Å². The van der Waals surface area contributed by atoms with E-state index in [9.17, 15) is 10.5 Å². The van der Waals surface area contributed by atoms with E-state index in [0.29, 0.717) is 24.2 Å². The molecule has 2 heterocycles. The quantitative estimate of drug-likeness (QED) is 0.542. The topological polar surface area (TPSA) is 83.2 Å². The minimum absolute atomic E-state index is 0.535. The lowest BCUT2D eigenvalue weighted by atomic mass is 10.1. The van der Waals surface area contributed by atoms with E-state index in [1.807, 2.05) is 70.3 Å². The fourth-order valence-corrected chi connectivity index (χ4v) is 3.08. The van der Waals surface area contributed by atoms with Crippen molar-refractivity contribution in [1.29, 1.82) is 10.5 Å². The van der Waals surface area contributed by atoms with Crippen LogP contribution in [0.4, 0.5) is 0 Å². The van der Waals surface area contributed by atoms with Crippen LogP contribution >= 0.6 is 0 Å². The largest absolute Gasteiger partial charge is 0.268 e. The lowest BCUT2D eigenvalue weighted by molar-refractivity contribution is 0.685. The summed E-state index contributed by atoms with van der Waals surface area (Å²) >= 11 is 0. The Hall–Kier alpha value is -4.16. The second-order valence-electron chi connectivity index (χ2n) is 6.39. The Morgan fingerprint density at radius 3 is 1.54 bits per heavy atom. The Balaban J connectivity index is 1.52. The third kappa shape index (κ3) is 3.53. The summed E-state index contributed by atoms with van der Waals surface area (Å²) in [7, 11) is 0. The summed E-state index contributed by atoms with van der Waals surface area (Å²) in [5.74, 6) is 0. The van der Waals surface area contributed by atoms with Gasteiger partial charge in [-0.1, -0.05) is 36.4 Å². The molecule has 2 aromatic carbocycles. The van der Waals surface area contributed by atoms with Crippen molar-refractivity contribution in [2.24, 2.45) is 0 Å². The molecule has 4 rings (SSSR count). The number of rotatable bonds is 5. The molecule has 0 radical (unpaired) electrons. The minimum atomic E-state index is 0.535. The maximum Gasteiger partial charge on any atom is 0.0995 e. The fourth-order valence-electron chi connectivity index (χ4n) is 3.08. The number of nitrogens with zero attached hydrogens (tertiary/aromatic N) is 6. The van der Waals surface area contributed by atoms with Gasteiger partial charge < -0.3 is 0 Å². The van der Waals surface area contributed by atoms with Gasteiger partial charge in [-0.15, -0.1) is 0 Å². The van der Waals surface area contributed by atoms with Crippen LogP contribution in [0.15, 0.2) is 73.3 Å². The average molecular weight is 364 g/mol. The van der Waals surface area contributed by atoms with Gasteiger partial charge in [-0.05, 0) is 23.3 Å². The number of benzene rings is 2. The molecule has 0 saturated carbocycles. The molecular formula is C22H16N6. The summed E-state index contributed by atoms with van der Waals surface area (Å²) in [5, 5.41) is 27.3. The summed E-state index contributed by atoms with van der Waals surface area (Å²) in [6.07, 6.45) is 7.47. The van der Waals surface area contributed by atoms with Gasteiger partial charge >= 0.3 is 0 Å². The van der Waals surface area contributed by atoms with Crippen LogP contribution in [0.2, 0.25) is 0 Å². The van der Waals surface area contributed by atoms with Crippen LogP contribution < -0.4 is 0 Å². The van der Waals surface area contributed by atoms with Crippen molar-refractivity contribution in [3.05, 3.63) is 95.6 Å². The molecule has 0 atom stereocenters. The Morgan fingerprint density at radius 1 is 0.679 bits per heavy atom. The van der Waals surface area contributed by atoms with Gasteiger partial charge in [-0.25, -0.2) is 0 Å². The molecule has 0 fully saturated rings. The third-order valence-corrected chi connectivity index (χ3v) is 4.54. The molecule has 0 aliphatic rings. The highest BCUT2D eigenvalue weighted by Crippen LogP contribution is 2.19. The predicted octanol–water partition coefficient (Wildman–Crippen LogP) is 3.59. The summed E-state index contributed by atoms with van der Waals surface area (Å²) in [6, 6.07) is 19.5. The summed E-state index contributed by atoms with van der Waals surface area (Å²) in [4.78, 5) is 0. The van der Waals surface area contributed by atoms with Crippen molar-refractivity contribution in [2.45, 2.75) is 13.1 Å². The van der Waals surface area contributed by atoms with Crippen LogP contribution in [0.3, 0.4) is 0 Å². The summed E-state index contributed by atoms with van der Waals surface area (Å²) in [5.41, 5.74) is 5.09. The van der Waals surface area contributed by atoms with E-state index in [1.54, 1.807) is 12.4 Å². The second kappa shape index (κ2) is 7.61. The van der Waals surface area contributed by atoms with E-state index in [-0.39, 0.29) is 0 Å². The first kappa shape index (κ1) is 17.3. The van der Waals surface area contributed by atoms with Crippen LogP contribution in [-0.2, 0) is 13.1 Å². The number of aromatic nitrogens is 4. The van der Waals surface area contributed by atoms with Gasteiger partial charge in [0.2, 0.25) is 0 Å². The highest BCUT2D eigenvalue weighted by atomic mass is 15.3. The average Bonchev–Trinajstić information content (AvgIpc) is 3.38. The SMILES string of the molecule is N#Cc1ccccc1Cn1cc(-c2cnn(Cc3ccccc3C#N)c2)cn1. The van der Waals surface area contributed by atoms with Crippen molar-refractivity contribution in [1.82, 2.24) is 19.6 Å². The maximum atomic E-state index is 9.23. The van der Waals surface area contributed by atoms with Gasteiger partial charge in [0, 0.05) is 23.5 Å². The van der Waals surface area contributed by atoms with Crippen LogP contribution in [-0.4, -0.2) is 19.6 Å². The lowest BCUT2D eigenvalue weighted by Gasteiger charge is -2.03. The van der Waals surface area contributed by atoms with E-state index >= 15 is 0 Å². The Labute approximate surface area is 162 Å². The van der Waals surface area contributed by atoms with Crippen molar-refractivity contribution >= 4 is 0 Å². The van der Waals surface area contributed by atoms with Gasteiger partial charge in [0.25, 0.3) is 0 Å². The molecule has 0 aliphatic heterocycles. The summed E-state index contributed by atoms with van der Waals surface area (Å²) in [6.45, 7) is 1.07. The van der Waals surface area contributed by atoms with Crippen molar-refractivity contribution in [2.75, 3.05) is 0 Å². The normalized spacial score (nSPS) is 10.4. The molecule has 0 amide bonds. The molecule has 134 valence electrons. The van der Waals surface area contributed by atoms with E-state index in [0.717, 1.165) is 22.3 Å². The van der Waals surface area contributed by atoms with Crippen LogP contribution in [0, 0.1) is 22.7 Å². The van der Waals surface area contributed by atoms with Crippen LogP contribution in [0.5, 0.6) is 0 Å². The highest BCUT2D eigenvalue weighted by Gasteiger charge is 2.08. The minimum Gasteiger partial charge on any atom is -0.268 e. The van der Waals surface area contributed by atoms with Crippen LogP contribution in [0.25, 0.3) is 11.1 Å². The van der Waals surface area contributed by atoms with Crippen molar-refractivity contribution in [3.63, 3.8) is 0 Å². The van der Waals surface area contributed by atoms with E-state index < -0.39 is 0 Å². The molecule has 0 aliphatic carbocycles. The smallest absolute Gasteiger partial charge is 0.0995 e. The fraction of sp³-hybridized carbons (Fsp3) is 0.0909. The van der Waals surface area contributed by atoms with Gasteiger partial charge in [0.05, 0.1) is 48.7 Å². The zero-order valence-electron chi connectivity index (χ0n) is 15.0. The van der Waals surface area contributed by atoms with Gasteiger partial charge in [-0.3, -0.25) is 9.36 Å². The second-order valence-corrected chi connectivity index (χ2v) is 6.39. The molecule has 0 bridgehead atoms. The first-order valence-electron chi connectivity index (χ1n) is 8.78. The van der Waals surface area contributed by atoms with Gasteiger partial charge in [0.15, 0.2) is 0 Å². The molecule has 0 unspecified atom stereocenters. The number of hydrogen-bond donors (Lipinski definition) is 0. The molecular weight excluding hydrogens is 348 g/mol. The Bertz CT molecular complexity index is 1110. The first-order valence-corrected chi connectivity index (χ1v) is 8.78. The van der Waals surface area contributed by atoms with Crippen molar-refractivity contribution in [3.8, 4) is 23.3 Å². The first-order chi connectivity index (χ1) is 13.8. The zero-order chi connectivity index (χ0) is 19.3. The highest BCUT2D eigenvalue weighted by molar-refractivity contribution is 5.59. The lowest BCUT2D eigenvalue weighted by Crippen LogP contribution is -2.01. The van der Waals surface area contributed by atoms with Gasteiger partial charge in [-0.2, -0.15) is 20.7 Å². The molecule has 0 N–H and O–H groups in total. The molecule has 0 saturated heterocycles. The van der Waals surface area contributed by atoms with E-state index in [4.69, 9.17) is 0 Å². The Kier molecular flexibility index (Phi) is 4.69. The van der Waals surface area contributed by atoms with Crippen LogP contribution in [0.1, 0.15) is 22.3 Å². The van der Waals surface area contributed by atoms with Crippen molar-refractivity contribution < 1.29 is 0 Å². The third-order valence-electron chi connectivity index (χ3n) is 4.54. The van der Waals surface area contributed by atoms with E-state index in [1.165, 1.54) is 0 Å². The Morgan fingerprint density at radius 2 is 1.11 bits per heavy atom. The number of hydrogen-bond acceptors (Lipinski definition) is 4. The zero-order valence-corrected chi connectivity index (χ0v) is 15.0. The predicted molar refractivity (Wildman–Crippen MR) is 104 cm³/mol. The summed E-state index contributed by atoms with van der Waals surface area (Å²) < 4.78 is 3.63. The molecule has 6 heteroatoms. The molecule has 28 heavy (non-hydrogen) atoms. The molecule has 6 nitrogen and oxygen atoms in total. The molecule has 2 aromatic heterocycles. The number of nitriles is 2.